The highest BCUT2D eigenvalue weighted by atomic mass is 79.9. The van der Waals surface area contributed by atoms with Gasteiger partial charge in [-0.25, -0.2) is 0 Å². The van der Waals surface area contributed by atoms with Gasteiger partial charge >= 0.3 is 11.9 Å². The lowest BCUT2D eigenvalue weighted by molar-refractivity contribution is -0.168. The second-order valence-electron chi connectivity index (χ2n) is 8.43. The molecule has 0 aromatic heterocycles. The Morgan fingerprint density at radius 3 is 2.10 bits per heavy atom. The highest BCUT2D eigenvalue weighted by molar-refractivity contribution is 9.11. The van der Waals surface area contributed by atoms with E-state index in [9.17, 15) is 9.59 Å². The first-order valence-electron chi connectivity index (χ1n) is 9.62. The Bertz CT molecular complexity index is 649. The highest BCUT2D eigenvalue weighted by Crippen LogP contribution is 2.37. The molecule has 0 saturated carbocycles. The van der Waals surface area contributed by atoms with Crippen LogP contribution in [0.4, 0.5) is 0 Å². The van der Waals surface area contributed by atoms with Crippen LogP contribution in [0.1, 0.15) is 52.9 Å². The summed E-state index contributed by atoms with van der Waals surface area (Å²) in [6, 6.07) is 0. The molecule has 0 aliphatic carbocycles. The quantitative estimate of drug-likeness (QED) is 0.0986. The first-order chi connectivity index (χ1) is 13.3. The van der Waals surface area contributed by atoms with Crippen molar-refractivity contribution in [3.8, 4) is 11.8 Å². The number of halogens is 1. The zero-order chi connectivity index (χ0) is 22.7. The van der Waals surface area contributed by atoms with Gasteiger partial charge in [-0.2, -0.15) is 0 Å². The van der Waals surface area contributed by atoms with Crippen molar-refractivity contribution < 1.29 is 23.5 Å². The van der Waals surface area contributed by atoms with Crippen LogP contribution in [-0.2, 0) is 23.5 Å². The maximum Gasteiger partial charge on any atom is 0.324 e. The van der Waals surface area contributed by atoms with E-state index in [1.807, 2.05) is 12.3 Å². The summed E-state index contributed by atoms with van der Waals surface area (Å²) < 4.78 is 16.1. The number of carbonyl (C=O) groups excluding carboxylic acids is 2. The van der Waals surface area contributed by atoms with Gasteiger partial charge in [0.25, 0.3) is 0 Å². The SMILES string of the molecule is C=C(Br)CC(CC#CCCC/C=C/O[Si](C)(C)C(C)(C)C)(C(=O)OC)C(=O)OC. The Balaban J connectivity index is 4.78. The smallest absolute Gasteiger partial charge is 0.324 e. The highest BCUT2D eigenvalue weighted by Gasteiger charge is 2.48. The number of unbranched alkanes of at least 4 members (excludes halogenated alkanes) is 2. The van der Waals surface area contributed by atoms with Crippen LogP contribution in [0.5, 0.6) is 0 Å². The van der Waals surface area contributed by atoms with Crippen molar-refractivity contribution in [2.75, 3.05) is 14.2 Å². The fraction of sp³-hybridized carbons (Fsp3) is 0.636. The molecule has 0 aromatic carbocycles. The summed E-state index contributed by atoms with van der Waals surface area (Å²) in [5, 5.41) is 0.176. The van der Waals surface area contributed by atoms with Gasteiger partial charge in [0.05, 0.1) is 20.5 Å². The molecule has 0 unspecified atom stereocenters. The molecule has 0 rings (SSSR count). The van der Waals surface area contributed by atoms with Crippen molar-refractivity contribution in [3.05, 3.63) is 23.4 Å². The zero-order valence-corrected chi connectivity index (χ0v) is 21.4. The van der Waals surface area contributed by atoms with Gasteiger partial charge in [-0.15, -0.1) is 11.8 Å². The van der Waals surface area contributed by atoms with Gasteiger partial charge in [0.2, 0.25) is 8.32 Å². The average Bonchev–Trinajstić information content (AvgIpc) is 2.62. The number of hydrogen-bond donors (Lipinski definition) is 0. The van der Waals surface area contributed by atoms with Crippen LogP contribution in [0.2, 0.25) is 18.1 Å². The van der Waals surface area contributed by atoms with E-state index in [1.54, 1.807) is 0 Å². The molecule has 0 radical (unpaired) electrons. The maximum absolute atomic E-state index is 12.3. The lowest BCUT2D eigenvalue weighted by atomic mass is 9.81. The fourth-order valence-corrected chi connectivity index (χ4v) is 3.49. The molecule has 0 N–H and O–H groups in total. The zero-order valence-electron chi connectivity index (χ0n) is 18.8. The van der Waals surface area contributed by atoms with Gasteiger partial charge < -0.3 is 13.9 Å². The molecule has 164 valence electrons. The third-order valence-corrected chi connectivity index (χ3v) is 9.72. The second kappa shape index (κ2) is 12.2. The number of hydrogen-bond acceptors (Lipinski definition) is 5. The van der Waals surface area contributed by atoms with Gasteiger partial charge in [-0.05, 0) is 35.5 Å². The van der Waals surface area contributed by atoms with Gasteiger partial charge in [-0.3, -0.25) is 9.59 Å². The normalized spacial score (nSPS) is 12.1. The lowest BCUT2D eigenvalue weighted by Gasteiger charge is -2.34. The third-order valence-electron chi connectivity index (χ3n) is 5.10. The van der Waals surface area contributed by atoms with Gasteiger partial charge in [0.1, 0.15) is 0 Å². The van der Waals surface area contributed by atoms with Gasteiger partial charge in [0, 0.05) is 19.3 Å². The van der Waals surface area contributed by atoms with Crippen molar-refractivity contribution >= 4 is 36.2 Å². The molecule has 0 spiro atoms. The number of allylic oxidation sites excluding steroid dienone is 2. The monoisotopic (exact) mass is 486 g/mol. The van der Waals surface area contributed by atoms with Gasteiger partial charge in [0.15, 0.2) is 5.41 Å². The van der Waals surface area contributed by atoms with E-state index in [0.29, 0.717) is 10.9 Å². The molecule has 0 aliphatic rings. The number of carbonyl (C=O) groups is 2. The van der Waals surface area contributed by atoms with Crippen LogP contribution < -0.4 is 0 Å². The van der Waals surface area contributed by atoms with Crippen LogP contribution in [0.3, 0.4) is 0 Å². The molecule has 0 aliphatic heterocycles. The predicted molar refractivity (Wildman–Crippen MR) is 123 cm³/mol. The maximum atomic E-state index is 12.3. The minimum absolute atomic E-state index is 0.0152. The molecular weight excluding hydrogens is 452 g/mol. The Labute approximate surface area is 185 Å². The van der Waals surface area contributed by atoms with Crippen molar-refractivity contribution in [2.24, 2.45) is 5.41 Å². The van der Waals surface area contributed by atoms with E-state index < -0.39 is 25.7 Å². The van der Waals surface area contributed by atoms with Crippen LogP contribution in [0.15, 0.2) is 23.4 Å². The number of esters is 2. The number of ether oxygens (including phenoxy) is 2. The molecule has 0 amide bonds. The van der Waals surface area contributed by atoms with Crippen molar-refractivity contribution in [3.63, 3.8) is 0 Å². The summed E-state index contributed by atoms with van der Waals surface area (Å²) in [6.45, 7) is 14.8. The second-order valence-corrected chi connectivity index (χ2v) is 14.3. The Kier molecular flexibility index (Phi) is 11.6. The molecule has 0 heterocycles. The molecule has 29 heavy (non-hydrogen) atoms. The molecule has 0 bridgehead atoms. The Hall–Kier alpha value is -1.52. The summed E-state index contributed by atoms with van der Waals surface area (Å²) in [4.78, 5) is 24.6. The van der Waals surface area contributed by atoms with E-state index in [4.69, 9.17) is 13.9 Å². The topological polar surface area (TPSA) is 61.8 Å². The molecule has 0 saturated heterocycles. The summed E-state index contributed by atoms with van der Waals surface area (Å²) in [7, 11) is 0.715. The summed E-state index contributed by atoms with van der Waals surface area (Å²) in [5.74, 6) is 4.61. The fourth-order valence-electron chi connectivity index (χ4n) is 2.23. The van der Waals surface area contributed by atoms with Crippen LogP contribution >= 0.6 is 15.9 Å². The first-order valence-corrected chi connectivity index (χ1v) is 13.3. The molecule has 5 nitrogen and oxygen atoms in total. The van der Waals surface area contributed by atoms with Crippen LogP contribution in [0.25, 0.3) is 0 Å². The van der Waals surface area contributed by atoms with Crippen LogP contribution in [0, 0.1) is 17.3 Å². The summed E-state index contributed by atoms with van der Waals surface area (Å²) in [6.07, 6.45) is 6.27. The van der Waals surface area contributed by atoms with Crippen molar-refractivity contribution in [2.45, 2.75) is 71.0 Å². The standard InChI is InChI=1S/C22H35BrO5Si/c1-18(23)17-22(19(24)26-5,20(25)27-6)15-13-11-9-10-12-14-16-28-29(7,8)21(2,3)4/h14,16H,1,9-10,12,15,17H2,2-8H3/b16-14+. The van der Waals surface area contributed by atoms with E-state index in [1.165, 1.54) is 14.2 Å². The van der Waals surface area contributed by atoms with Crippen LogP contribution in [-0.4, -0.2) is 34.5 Å². The Morgan fingerprint density at radius 2 is 1.66 bits per heavy atom. The Morgan fingerprint density at radius 1 is 1.10 bits per heavy atom. The summed E-state index contributed by atoms with van der Waals surface area (Å²) >= 11 is 3.21. The van der Waals surface area contributed by atoms with Crippen molar-refractivity contribution in [1.29, 1.82) is 0 Å². The minimum Gasteiger partial charge on any atom is -0.549 e. The molecule has 0 fully saturated rings. The molecule has 7 heteroatoms. The average molecular weight is 488 g/mol. The van der Waals surface area contributed by atoms with Gasteiger partial charge in [-0.1, -0.05) is 49.4 Å². The minimum atomic E-state index is -1.76. The lowest BCUT2D eigenvalue weighted by Crippen LogP contribution is -2.41. The van der Waals surface area contributed by atoms with Crippen molar-refractivity contribution in [1.82, 2.24) is 0 Å². The largest absolute Gasteiger partial charge is 0.549 e. The number of methoxy groups -OCH3 is 2. The molecule has 0 atom stereocenters. The summed E-state index contributed by atoms with van der Waals surface area (Å²) in [5.41, 5.74) is -1.51. The number of rotatable bonds is 10. The predicted octanol–water partition coefficient (Wildman–Crippen LogP) is 5.72. The van der Waals surface area contributed by atoms with E-state index in [2.05, 4.69) is 68.2 Å². The first kappa shape index (κ1) is 27.5. The molecule has 0 aromatic rings. The van der Waals surface area contributed by atoms with E-state index >= 15 is 0 Å². The van der Waals surface area contributed by atoms with E-state index in [-0.39, 0.29) is 17.9 Å². The third kappa shape index (κ3) is 8.79. The molecular formula is C22H35BrO5Si. The van der Waals surface area contributed by atoms with E-state index in [0.717, 1.165) is 12.8 Å².